The van der Waals surface area contributed by atoms with Gasteiger partial charge in [0.2, 0.25) is 6.29 Å². The highest BCUT2D eigenvalue weighted by atomic mass is 32.1. The van der Waals surface area contributed by atoms with Crippen molar-refractivity contribution in [2.45, 2.75) is 6.61 Å². The average molecular weight is 155 g/mol. The van der Waals surface area contributed by atoms with Gasteiger partial charge in [0.25, 0.3) is 0 Å². The van der Waals surface area contributed by atoms with E-state index >= 15 is 0 Å². The van der Waals surface area contributed by atoms with Gasteiger partial charge in [-0.2, -0.15) is 0 Å². The first-order chi connectivity index (χ1) is 4.93. The first-order valence-corrected chi connectivity index (χ1v) is 3.76. The van der Waals surface area contributed by atoms with Crippen molar-refractivity contribution in [1.29, 1.82) is 0 Å². The van der Waals surface area contributed by atoms with Gasteiger partial charge in [-0.25, -0.2) is 0 Å². The third-order valence-corrected chi connectivity index (χ3v) is 1.84. The maximum atomic E-state index is 9.69. The first-order valence-electron chi connectivity index (χ1n) is 2.88. The monoisotopic (exact) mass is 155 g/mol. The molecule has 0 fully saturated rings. The molecule has 0 saturated heterocycles. The fourth-order valence-corrected chi connectivity index (χ4v) is 1.23. The van der Waals surface area contributed by atoms with Crippen LogP contribution in [0.2, 0.25) is 0 Å². The number of hydrogen-bond donors (Lipinski definition) is 0. The summed E-state index contributed by atoms with van der Waals surface area (Å²) in [6.07, 6.45) is 1.66. The molecule has 1 aromatic rings. The zero-order chi connectivity index (χ0) is 7.23. The van der Waals surface area contributed by atoms with Crippen LogP contribution in [0.25, 0.3) is 0 Å². The highest BCUT2D eigenvalue weighted by Crippen LogP contribution is 2.08. The summed E-state index contributed by atoms with van der Waals surface area (Å²) in [5.74, 6) is 0. The molecule has 1 radical (unpaired) electrons. The standard InChI is InChI=1S/C7H7O2S/c8-3-4-9-6-7-2-1-5-10-7/h1-2,5H,4,6H2. The summed E-state index contributed by atoms with van der Waals surface area (Å²) in [4.78, 5) is 10.8. The molecule has 0 amide bonds. The Morgan fingerprint density at radius 3 is 3.20 bits per heavy atom. The Morgan fingerprint density at radius 2 is 2.60 bits per heavy atom. The molecule has 53 valence electrons. The van der Waals surface area contributed by atoms with Crippen molar-refractivity contribution >= 4 is 17.6 Å². The lowest BCUT2D eigenvalue weighted by Gasteiger charge is -1.93. The van der Waals surface area contributed by atoms with E-state index < -0.39 is 0 Å². The lowest BCUT2D eigenvalue weighted by atomic mass is 10.5. The van der Waals surface area contributed by atoms with Crippen LogP contribution in [-0.2, 0) is 16.1 Å². The number of rotatable bonds is 4. The minimum absolute atomic E-state index is 0.0674. The summed E-state index contributed by atoms with van der Waals surface area (Å²) < 4.78 is 4.91. The van der Waals surface area contributed by atoms with Gasteiger partial charge in [0, 0.05) is 4.88 Å². The molecule has 0 aliphatic heterocycles. The van der Waals surface area contributed by atoms with Gasteiger partial charge >= 0.3 is 0 Å². The molecule has 1 rings (SSSR count). The molecule has 1 heterocycles. The van der Waals surface area contributed by atoms with Gasteiger partial charge in [0.05, 0.1) is 6.61 Å². The van der Waals surface area contributed by atoms with Crippen LogP contribution in [-0.4, -0.2) is 12.9 Å². The SMILES string of the molecule is O=[C]COCc1cccs1. The summed E-state index contributed by atoms with van der Waals surface area (Å²) >= 11 is 1.62. The van der Waals surface area contributed by atoms with E-state index in [2.05, 4.69) is 0 Å². The minimum Gasteiger partial charge on any atom is -0.368 e. The molecule has 3 heteroatoms. The van der Waals surface area contributed by atoms with Crippen LogP contribution >= 0.6 is 11.3 Å². The van der Waals surface area contributed by atoms with Gasteiger partial charge in [-0.15, -0.1) is 11.3 Å². The van der Waals surface area contributed by atoms with Gasteiger partial charge < -0.3 is 4.74 Å². The Balaban J connectivity index is 2.21. The molecule has 1 aromatic heterocycles. The Morgan fingerprint density at radius 1 is 1.70 bits per heavy atom. The summed E-state index contributed by atoms with van der Waals surface area (Å²) in [7, 11) is 0. The molecular formula is C7H7O2S. The average Bonchev–Trinajstić information content (AvgIpc) is 2.41. The molecule has 0 unspecified atom stereocenters. The molecule has 0 spiro atoms. The Hall–Kier alpha value is -0.670. The summed E-state index contributed by atoms with van der Waals surface area (Å²) in [5, 5.41) is 1.98. The number of thiophene rings is 1. The van der Waals surface area contributed by atoms with E-state index in [1.54, 1.807) is 17.6 Å². The number of hydrogen-bond acceptors (Lipinski definition) is 3. The van der Waals surface area contributed by atoms with Crippen LogP contribution in [0.3, 0.4) is 0 Å². The van der Waals surface area contributed by atoms with E-state index in [0.29, 0.717) is 6.61 Å². The van der Waals surface area contributed by atoms with Gasteiger partial charge in [-0.3, -0.25) is 4.79 Å². The van der Waals surface area contributed by atoms with Crippen LogP contribution in [0, 0.1) is 0 Å². The van der Waals surface area contributed by atoms with Gasteiger partial charge in [0.1, 0.15) is 6.61 Å². The Bertz CT molecular complexity index is 181. The van der Waals surface area contributed by atoms with Gasteiger partial charge in [0.15, 0.2) is 0 Å². The molecule has 0 bridgehead atoms. The smallest absolute Gasteiger partial charge is 0.226 e. The predicted octanol–water partition coefficient (Wildman–Crippen LogP) is 1.37. The molecular weight excluding hydrogens is 148 g/mol. The maximum Gasteiger partial charge on any atom is 0.226 e. The molecule has 0 aliphatic rings. The quantitative estimate of drug-likeness (QED) is 0.614. The van der Waals surface area contributed by atoms with Crippen LogP contribution < -0.4 is 0 Å². The third kappa shape index (κ3) is 2.29. The minimum atomic E-state index is 0.0674. The molecule has 0 aromatic carbocycles. The Kier molecular flexibility index (Phi) is 3.12. The lowest BCUT2D eigenvalue weighted by Crippen LogP contribution is -1.93. The van der Waals surface area contributed by atoms with Crippen LogP contribution in [0.4, 0.5) is 0 Å². The zero-order valence-corrected chi connectivity index (χ0v) is 6.19. The van der Waals surface area contributed by atoms with Crippen LogP contribution in [0.1, 0.15) is 4.88 Å². The topological polar surface area (TPSA) is 26.3 Å². The first kappa shape index (κ1) is 7.44. The zero-order valence-electron chi connectivity index (χ0n) is 5.37. The van der Waals surface area contributed by atoms with Crippen molar-refractivity contribution in [2.75, 3.05) is 6.61 Å². The second kappa shape index (κ2) is 4.19. The van der Waals surface area contributed by atoms with Crippen LogP contribution in [0.5, 0.6) is 0 Å². The van der Waals surface area contributed by atoms with E-state index in [4.69, 9.17) is 4.74 Å². The predicted molar refractivity (Wildman–Crippen MR) is 39.7 cm³/mol. The number of ether oxygens (including phenoxy) is 1. The van der Waals surface area contributed by atoms with Gasteiger partial charge in [-0.1, -0.05) is 6.07 Å². The summed E-state index contributed by atoms with van der Waals surface area (Å²) in [6, 6.07) is 3.92. The van der Waals surface area contributed by atoms with Crippen molar-refractivity contribution in [1.82, 2.24) is 0 Å². The highest BCUT2D eigenvalue weighted by molar-refractivity contribution is 7.09. The normalized spacial score (nSPS) is 9.60. The van der Waals surface area contributed by atoms with Crippen molar-refractivity contribution in [3.63, 3.8) is 0 Å². The second-order valence-corrected chi connectivity index (χ2v) is 2.75. The van der Waals surface area contributed by atoms with Crippen LogP contribution in [0.15, 0.2) is 17.5 Å². The largest absolute Gasteiger partial charge is 0.368 e. The van der Waals surface area contributed by atoms with Crippen molar-refractivity contribution in [3.05, 3.63) is 22.4 Å². The molecule has 2 nitrogen and oxygen atoms in total. The maximum absolute atomic E-state index is 9.69. The van der Waals surface area contributed by atoms with E-state index in [-0.39, 0.29) is 6.61 Å². The van der Waals surface area contributed by atoms with Gasteiger partial charge in [-0.05, 0) is 11.4 Å². The molecule has 0 saturated carbocycles. The van der Waals surface area contributed by atoms with Crippen molar-refractivity contribution in [2.24, 2.45) is 0 Å². The van der Waals surface area contributed by atoms with Crippen molar-refractivity contribution in [3.8, 4) is 0 Å². The lowest BCUT2D eigenvalue weighted by molar-refractivity contribution is 0.158. The van der Waals surface area contributed by atoms with E-state index in [1.807, 2.05) is 17.5 Å². The fourth-order valence-electron chi connectivity index (χ4n) is 0.588. The Labute approximate surface area is 63.4 Å². The third-order valence-electron chi connectivity index (χ3n) is 0.985. The second-order valence-electron chi connectivity index (χ2n) is 1.72. The fraction of sp³-hybridized carbons (Fsp3) is 0.286. The molecule has 10 heavy (non-hydrogen) atoms. The summed E-state index contributed by atoms with van der Waals surface area (Å²) in [5.41, 5.74) is 0. The molecule has 0 N–H and O–H groups in total. The van der Waals surface area contributed by atoms with E-state index in [0.717, 1.165) is 4.88 Å². The summed E-state index contributed by atoms with van der Waals surface area (Å²) in [6.45, 7) is 0.588. The van der Waals surface area contributed by atoms with E-state index in [1.165, 1.54) is 0 Å². The molecule has 0 atom stereocenters. The van der Waals surface area contributed by atoms with Crippen molar-refractivity contribution < 1.29 is 9.53 Å². The number of carbonyl (C=O) groups excluding carboxylic acids is 1. The highest BCUT2D eigenvalue weighted by Gasteiger charge is 1.91. The molecule has 0 aliphatic carbocycles. The van der Waals surface area contributed by atoms with E-state index in [9.17, 15) is 4.79 Å².